The van der Waals surface area contributed by atoms with Gasteiger partial charge in [0.25, 0.3) is 5.91 Å². The summed E-state index contributed by atoms with van der Waals surface area (Å²) in [4.78, 5) is 15.5. The summed E-state index contributed by atoms with van der Waals surface area (Å²) in [6.07, 6.45) is 0.938. The van der Waals surface area contributed by atoms with E-state index in [9.17, 15) is 4.79 Å². The maximum atomic E-state index is 13.1. The van der Waals surface area contributed by atoms with Crippen LogP contribution in [0, 0.1) is 5.92 Å². The number of carbonyl (C=O) groups is 1. The van der Waals surface area contributed by atoms with E-state index in [4.69, 9.17) is 21.1 Å². The second-order valence-electron chi connectivity index (χ2n) is 7.98. The van der Waals surface area contributed by atoms with Crippen LogP contribution >= 0.6 is 11.6 Å². The Morgan fingerprint density at radius 3 is 2.50 bits per heavy atom. The Morgan fingerprint density at radius 1 is 1.20 bits per heavy atom. The average Bonchev–Trinajstić information content (AvgIpc) is 2.75. The van der Waals surface area contributed by atoms with Gasteiger partial charge in [0.1, 0.15) is 0 Å². The molecule has 0 saturated heterocycles. The van der Waals surface area contributed by atoms with E-state index in [1.54, 1.807) is 38.5 Å². The van der Waals surface area contributed by atoms with Crippen LogP contribution in [0.5, 0.6) is 11.5 Å². The molecular weight excluding hydrogens is 400 g/mol. The number of halogens is 1. The van der Waals surface area contributed by atoms with Gasteiger partial charge in [0.2, 0.25) is 0 Å². The van der Waals surface area contributed by atoms with Crippen molar-refractivity contribution in [2.45, 2.75) is 39.3 Å². The maximum absolute atomic E-state index is 13.1. The van der Waals surface area contributed by atoms with Crippen LogP contribution in [0.15, 0.2) is 36.4 Å². The molecule has 0 saturated carbocycles. The maximum Gasteiger partial charge on any atom is 0.251 e. The van der Waals surface area contributed by atoms with Gasteiger partial charge < -0.3 is 14.8 Å². The van der Waals surface area contributed by atoms with Crippen molar-refractivity contribution in [3.05, 3.63) is 58.1 Å². The van der Waals surface area contributed by atoms with Crippen molar-refractivity contribution in [1.29, 1.82) is 0 Å². The molecule has 5 nitrogen and oxygen atoms in total. The number of ether oxygens (including phenoxy) is 2. The smallest absolute Gasteiger partial charge is 0.251 e. The minimum atomic E-state index is -0.111. The van der Waals surface area contributed by atoms with E-state index >= 15 is 0 Å². The fraction of sp³-hybridized carbons (Fsp3) is 0.458. The lowest BCUT2D eigenvalue weighted by atomic mass is 9.83. The van der Waals surface area contributed by atoms with Crippen molar-refractivity contribution in [3.63, 3.8) is 0 Å². The van der Waals surface area contributed by atoms with E-state index in [2.05, 4.69) is 43.1 Å². The van der Waals surface area contributed by atoms with Gasteiger partial charge in [-0.1, -0.05) is 38.4 Å². The van der Waals surface area contributed by atoms with Crippen LogP contribution in [-0.4, -0.2) is 44.2 Å². The van der Waals surface area contributed by atoms with Crippen LogP contribution < -0.4 is 14.8 Å². The molecule has 0 aliphatic carbocycles. The second-order valence-corrected chi connectivity index (χ2v) is 8.42. The van der Waals surface area contributed by atoms with Crippen LogP contribution in [0.3, 0.4) is 0 Å². The number of nitrogens with one attached hydrogen (secondary N) is 1. The van der Waals surface area contributed by atoms with E-state index in [0.717, 1.165) is 25.3 Å². The lowest BCUT2D eigenvalue weighted by molar-refractivity contribution is 0.0834. The van der Waals surface area contributed by atoms with Crippen LogP contribution in [0.1, 0.15) is 48.3 Å². The zero-order valence-corrected chi connectivity index (χ0v) is 19.1. The molecule has 2 aromatic carbocycles. The molecule has 1 aliphatic heterocycles. The molecule has 0 spiro atoms. The van der Waals surface area contributed by atoms with Crippen molar-refractivity contribution >= 4 is 17.5 Å². The second kappa shape index (κ2) is 9.71. The number of hydrogen-bond acceptors (Lipinski definition) is 4. The molecule has 2 aromatic rings. The van der Waals surface area contributed by atoms with Crippen molar-refractivity contribution in [2.75, 3.05) is 27.3 Å². The first kappa shape index (κ1) is 22.4. The molecule has 2 atom stereocenters. The topological polar surface area (TPSA) is 50.8 Å². The number of nitrogens with zero attached hydrogens (tertiary/aromatic N) is 1. The lowest BCUT2D eigenvalue weighted by Crippen LogP contribution is -2.51. The Bertz CT molecular complexity index is 900. The molecule has 162 valence electrons. The standard InChI is InChI=1S/C24H31ClN2O3/c1-6-27-11-10-16-13-20(29-4)21(30-5)14-19(16)23(27)22(15(2)3)26-24(28)17-8-7-9-18(25)12-17/h7-9,12-15,22-23H,6,10-11H2,1-5H3,(H,26,28)/t22-,23-/m1/s1. The predicted molar refractivity (Wildman–Crippen MR) is 121 cm³/mol. The monoisotopic (exact) mass is 430 g/mol. The minimum absolute atomic E-state index is 0.0432. The SMILES string of the molecule is CCN1CCc2cc(OC)c(OC)cc2[C@@H]1[C@H](NC(=O)c1cccc(Cl)c1)C(C)C. The van der Waals surface area contributed by atoms with Gasteiger partial charge >= 0.3 is 0 Å². The largest absolute Gasteiger partial charge is 0.493 e. The highest BCUT2D eigenvalue weighted by Gasteiger charge is 2.36. The summed E-state index contributed by atoms with van der Waals surface area (Å²) in [6.45, 7) is 8.28. The summed E-state index contributed by atoms with van der Waals surface area (Å²) in [5.74, 6) is 1.57. The third-order valence-electron chi connectivity index (χ3n) is 5.87. The van der Waals surface area contributed by atoms with Gasteiger partial charge in [-0.05, 0) is 60.3 Å². The molecular formula is C24H31ClN2O3. The van der Waals surface area contributed by atoms with Crippen molar-refractivity contribution in [2.24, 2.45) is 5.92 Å². The zero-order valence-electron chi connectivity index (χ0n) is 18.4. The Hall–Kier alpha value is -2.24. The van der Waals surface area contributed by atoms with Crippen molar-refractivity contribution in [3.8, 4) is 11.5 Å². The molecule has 0 aromatic heterocycles. The van der Waals surface area contributed by atoms with Gasteiger partial charge in [-0.15, -0.1) is 0 Å². The quantitative estimate of drug-likeness (QED) is 0.689. The van der Waals surface area contributed by atoms with Crippen LogP contribution in [0.2, 0.25) is 5.02 Å². The minimum Gasteiger partial charge on any atom is -0.493 e. The van der Waals surface area contributed by atoms with E-state index < -0.39 is 0 Å². The number of carbonyl (C=O) groups excluding carboxylic acids is 1. The van der Waals surface area contributed by atoms with Crippen LogP contribution in [0.25, 0.3) is 0 Å². The average molecular weight is 431 g/mol. The lowest BCUT2D eigenvalue weighted by Gasteiger charge is -2.43. The third-order valence-corrected chi connectivity index (χ3v) is 6.11. The molecule has 1 aliphatic rings. The van der Waals surface area contributed by atoms with Gasteiger partial charge in [0.15, 0.2) is 11.5 Å². The Balaban J connectivity index is 2.01. The van der Waals surface area contributed by atoms with Gasteiger partial charge in [-0.3, -0.25) is 9.69 Å². The van der Waals surface area contributed by atoms with Gasteiger partial charge in [0.05, 0.1) is 26.3 Å². The normalized spacial score (nSPS) is 17.4. The number of methoxy groups -OCH3 is 2. The summed E-state index contributed by atoms with van der Waals surface area (Å²) >= 11 is 6.10. The van der Waals surface area contributed by atoms with Crippen molar-refractivity contribution in [1.82, 2.24) is 10.2 Å². The highest BCUT2D eigenvalue weighted by molar-refractivity contribution is 6.30. The molecule has 0 bridgehead atoms. The van der Waals surface area contributed by atoms with Crippen LogP contribution in [0.4, 0.5) is 0 Å². The summed E-state index contributed by atoms with van der Waals surface area (Å²) in [5.41, 5.74) is 3.00. The first-order valence-corrected chi connectivity index (χ1v) is 10.8. The summed E-state index contributed by atoms with van der Waals surface area (Å²) in [6, 6.07) is 11.2. The summed E-state index contributed by atoms with van der Waals surface area (Å²) < 4.78 is 11.1. The number of amides is 1. The van der Waals surface area contributed by atoms with E-state index in [0.29, 0.717) is 16.3 Å². The highest BCUT2D eigenvalue weighted by Crippen LogP contribution is 2.40. The highest BCUT2D eigenvalue weighted by atomic mass is 35.5. The Kier molecular flexibility index (Phi) is 7.27. The molecule has 0 fully saturated rings. The van der Waals surface area contributed by atoms with E-state index in [1.165, 1.54) is 11.1 Å². The number of hydrogen-bond donors (Lipinski definition) is 1. The first-order valence-electron chi connectivity index (χ1n) is 10.4. The molecule has 1 amide bonds. The molecule has 6 heteroatoms. The summed E-state index contributed by atoms with van der Waals surface area (Å²) in [5, 5.41) is 3.84. The predicted octanol–water partition coefficient (Wildman–Crippen LogP) is 4.73. The van der Waals surface area contributed by atoms with E-state index in [1.807, 2.05) is 0 Å². The van der Waals surface area contributed by atoms with Crippen LogP contribution in [-0.2, 0) is 6.42 Å². The Labute approximate surface area is 184 Å². The molecule has 1 heterocycles. The number of likely N-dealkylation sites (N-methyl/N-ethyl adjacent to an activating group) is 1. The molecule has 3 rings (SSSR count). The number of benzene rings is 2. The summed E-state index contributed by atoms with van der Waals surface area (Å²) in [7, 11) is 3.31. The van der Waals surface area contributed by atoms with Gasteiger partial charge in [0, 0.05) is 17.1 Å². The van der Waals surface area contributed by atoms with Crippen molar-refractivity contribution < 1.29 is 14.3 Å². The number of rotatable bonds is 7. The molecule has 0 unspecified atom stereocenters. The molecule has 30 heavy (non-hydrogen) atoms. The fourth-order valence-corrected chi connectivity index (χ4v) is 4.47. The van der Waals surface area contributed by atoms with E-state index in [-0.39, 0.29) is 23.9 Å². The molecule has 1 N–H and O–H groups in total. The van der Waals surface area contributed by atoms with Gasteiger partial charge in [-0.2, -0.15) is 0 Å². The fourth-order valence-electron chi connectivity index (χ4n) is 4.28. The zero-order chi connectivity index (χ0) is 21.8. The first-order chi connectivity index (χ1) is 14.4. The number of fused-ring (bicyclic) bond motifs is 1. The van der Waals surface area contributed by atoms with Gasteiger partial charge in [-0.25, -0.2) is 0 Å². The Morgan fingerprint density at radius 2 is 1.90 bits per heavy atom. The third kappa shape index (κ3) is 4.57. The molecule has 0 radical (unpaired) electrons.